The van der Waals surface area contributed by atoms with Crippen LogP contribution in [0.1, 0.15) is 20.9 Å². The molecule has 0 bridgehead atoms. The highest BCUT2D eigenvalue weighted by molar-refractivity contribution is 7.11. The van der Waals surface area contributed by atoms with Crippen molar-refractivity contribution in [1.82, 2.24) is 4.90 Å². The van der Waals surface area contributed by atoms with Crippen molar-refractivity contribution in [1.29, 1.82) is 0 Å². The maximum Gasteiger partial charge on any atom is 0.270 e. The summed E-state index contributed by atoms with van der Waals surface area (Å²) in [4.78, 5) is 27.5. The molecule has 1 heterocycles. The van der Waals surface area contributed by atoms with Gasteiger partial charge in [-0.25, -0.2) is 0 Å². The minimum Gasteiger partial charge on any atom is -0.334 e. The van der Waals surface area contributed by atoms with E-state index in [2.05, 4.69) is 18.2 Å². The number of nitro groups is 1. The van der Waals surface area contributed by atoms with Gasteiger partial charge in [0.05, 0.1) is 11.5 Å². The highest BCUT2D eigenvalue weighted by Gasteiger charge is 2.13. The van der Waals surface area contributed by atoms with Crippen LogP contribution in [0, 0.1) is 17.0 Å². The fraction of sp³-hybridized carbons (Fsp3) is 0.174. The Balaban J connectivity index is 1.73. The Morgan fingerprint density at radius 2 is 1.90 bits per heavy atom. The van der Waals surface area contributed by atoms with Crippen LogP contribution >= 0.6 is 11.3 Å². The molecule has 0 N–H and O–H groups in total. The van der Waals surface area contributed by atoms with Crippen molar-refractivity contribution in [3.8, 4) is 0 Å². The zero-order chi connectivity index (χ0) is 20.6. The number of nitro benzene ring substituents is 1. The minimum absolute atomic E-state index is 0.00888. The molecular weight excluding hydrogens is 384 g/mol. The molecule has 5 nitrogen and oxygen atoms in total. The summed E-state index contributed by atoms with van der Waals surface area (Å²) in [6.07, 6.45) is 3.89. The van der Waals surface area contributed by atoms with Gasteiger partial charge in [0.15, 0.2) is 0 Å². The van der Waals surface area contributed by atoms with E-state index in [4.69, 9.17) is 0 Å². The van der Waals surface area contributed by atoms with Crippen molar-refractivity contribution in [3.63, 3.8) is 0 Å². The Kier molecular flexibility index (Phi) is 6.92. The summed E-state index contributed by atoms with van der Waals surface area (Å²) in [5, 5.41) is 10.9. The van der Waals surface area contributed by atoms with Crippen molar-refractivity contribution in [2.75, 3.05) is 6.54 Å². The van der Waals surface area contributed by atoms with Gasteiger partial charge in [0, 0.05) is 34.5 Å². The largest absolute Gasteiger partial charge is 0.334 e. The molecule has 148 valence electrons. The first-order valence-corrected chi connectivity index (χ1v) is 10.1. The Bertz CT molecular complexity index is 1010. The lowest BCUT2D eigenvalue weighted by molar-refractivity contribution is -0.384. The molecule has 0 aliphatic carbocycles. The monoisotopic (exact) mass is 406 g/mol. The first kappa shape index (κ1) is 20.5. The third-order valence-electron chi connectivity index (χ3n) is 4.47. The topological polar surface area (TPSA) is 63.5 Å². The van der Waals surface area contributed by atoms with Gasteiger partial charge in [-0.1, -0.05) is 42.5 Å². The molecule has 0 unspecified atom stereocenters. The third-order valence-corrected chi connectivity index (χ3v) is 5.45. The van der Waals surface area contributed by atoms with E-state index in [1.807, 2.05) is 36.1 Å². The van der Waals surface area contributed by atoms with Gasteiger partial charge in [-0.15, -0.1) is 11.3 Å². The number of aryl methyl sites for hydroxylation is 1. The molecule has 0 atom stereocenters. The molecule has 1 aromatic heterocycles. The van der Waals surface area contributed by atoms with Gasteiger partial charge < -0.3 is 4.90 Å². The quantitative estimate of drug-likeness (QED) is 0.292. The Morgan fingerprint density at radius 3 is 2.59 bits per heavy atom. The molecule has 0 fully saturated rings. The number of nitrogens with zero attached hydrogens (tertiary/aromatic N) is 2. The van der Waals surface area contributed by atoms with Crippen LogP contribution in [-0.4, -0.2) is 22.3 Å². The summed E-state index contributed by atoms with van der Waals surface area (Å²) < 4.78 is 0. The molecule has 29 heavy (non-hydrogen) atoms. The van der Waals surface area contributed by atoms with Crippen molar-refractivity contribution in [2.24, 2.45) is 0 Å². The summed E-state index contributed by atoms with van der Waals surface area (Å²) in [6.45, 7) is 3.19. The van der Waals surface area contributed by atoms with Crippen LogP contribution in [0.5, 0.6) is 0 Å². The SMILES string of the molecule is Cc1ccc(CN(CCc2ccccc2)C(=O)/C=C/c2cccc([N+](=O)[O-])c2)s1. The zero-order valence-corrected chi connectivity index (χ0v) is 17.0. The molecule has 2 aromatic carbocycles. The summed E-state index contributed by atoms with van der Waals surface area (Å²) in [5.41, 5.74) is 1.81. The van der Waals surface area contributed by atoms with Crippen LogP contribution in [0.15, 0.2) is 72.8 Å². The molecular formula is C23H22N2O3S. The lowest BCUT2D eigenvalue weighted by Gasteiger charge is -2.20. The van der Waals surface area contributed by atoms with Crippen molar-refractivity contribution < 1.29 is 9.72 Å². The zero-order valence-electron chi connectivity index (χ0n) is 16.2. The van der Waals surface area contributed by atoms with E-state index in [0.717, 1.165) is 11.3 Å². The number of hydrogen-bond acceptors (Lipinski definition) is 4. The van der Waals surface area contributed by atoms with Crippen molar-refractivity contribution in [2.45, 2.75) is 19.9 Å². The average molecular weight is 407 g/mol. The maximum atomic E-state index is 12.9. The molecule has 6 heteroatoms. The number of amides is 1. The number of thiophene rings is 1. The highest BCUT2D eigenvalue weighted by atomic mass is 32.1. The Morgan fingerprint density at radius 1 is 1.10 bits per heavy atom. The van der Waals surface area contributed by atoms with Crippen LogP contribution in [0.2, 0.25) is 0 Å². The molecule has 0 aliphatic rings. The van der Waals surface area contributed by atoms with Crippen LogP contribution < -0.4 is 0 Å². The molecule has 3 rings (SSSR count). The summed E-state index contributed by atoms with van der Waals surface area (Å²) in [6, 6.07) is 20.4. The van der Waals surface area contributed by atoms with Gasteiger partial charge in [-0.05, 0) is 42.7 Å². The van der Waals surface area contributed by atoms with E-state index in [1.54, 1.807) is 29.5 Å². The first-order valence-electron chi connectivity index (χ1n) is 9.32. The molecule has 0 saturated heterocycles. The van der Waals surface area contributed by atoms with Crippen LogP contribution in [-0.2, 0) is 17.8 Å². The Labute approximate surface area is 174 Å². The number of hydrogen-bond donors (Lipinski definition) is 0. The van der Waals surface area contributed by atoms with E-state index in [-0.39, 0.29) is 11.6 Å². The number of non-ortho nitro benzene ring substituents is 1. The maximum absolute atomic E-state index is 12.9. The lowest BCUT2D eigenvalue weighted by Crippen LogP contribution is -2.30. The summed E-state index contributed by atoms with van der Waals surface area (Å²) in [7, 11) is 0. The van der Waals surface area contributed by atoms with E-state index in [1.165, 1.54) is 28.6 Å². The molecule has 0 radical (unpaired) electrons. The predicted octanol–water partition coefficient (Wildman–Crippen LogP) is 5.25. The van der Waals surface area contributed by atoms with Gasteiger partial charge >= 0.3 is 0 Å². The smallest absolute Gasteiger partial charge is 0.270 e. The highest BCUT2D eigenvalue weighted by Crippen LogP contribution is 2.19. The van der Waals surface area contributed by atoms with E-state index < -0.39 is 4.92 Å². The van der Waals surface area contributed by atoms with E-state index in [0.29, 0.717) is 18.7 Å². The molecule has 3 aromatic rings. The number of rotatable bonds is 8. The first-order chi connectivity index (χ1) is 14.0. The van der Waals surface area contributed by atoms with Crippen LogP contribution in [0.25, 0.3) is 6.08 Å². The second kappa shape index (κ2) is 9.80. The minimum atomic E-state index is -0.440. The second-order valence-corrected chi connectivity index (χ2v) is 8.07. The van der Waals surface area contributed by atoms with Gasteiger partial charge in [-0.3, -0.25) is 14.9 Å². The number of carbonyl (C=O) groups is 1. The van der Waals surface area contributed by atoms with Crippen molar-refractivity contribution in [3.05, 3.63) is 104 Å². The standard InChI is InChI=1S/C23H22N2O3S/c1-18-10-12-22(29-18)17-24(15-14-19-6-3-2-4-7-19)23(26)13-11-20-8-5-9-21(16-20)25(27)28/h2-13,16H,14-15,17H2,1H3/b13-11+. The molecule has 0 spiro atoms. The van der Waals surface area contributed by atoms with Crippen LogP contribution in [0.4, 0.5) is 5.69 Å². The number of benzene rings is 2. The molecule has 1 amide bonds. The van der Waals surface area contributed by atoms with Gasteiger partial charge in [-0.2, -0.15) is 0 Å². The summed E-state index contributed by atoms with van der Waals surface area (Å²) >= 11 is 1.68. The second-order valence-electron chi connectivity index (χ2n) is 6.69. The fourth-order valence-electron chi connectivity index (χ4n) is 2.95. The van der Waals surface area contributed by atoms with Crippen LogP contribution in [0.3, 0.4) is 0 Å². The normalized spacial score (nSPS) is 10.9. The molecule has 0 aliphatic heterocycles. The average Bonchev–Trinajstić information content (AvgIpc) is 3.15. The summed E-state index contributed by atoms with van der Waals surface area (Å²) in [5.74, 6) is -0.113. The third kappa shape index (κ3) is 6.12. The lowest BCUT2D eigenvalue weighted by atomic mass is 10.1. The van der Waals surface area contributed by atoms with Gasteiger partial charge in [0.25, 0.3) is 5.69 Å². The van der Waals surface area contributed by atoms with E-state index >= 15 is 0 Å². The van der Waals surface area contributed by atoms with E-state index in [9.17, 15) is 14.9 Å². The molecule has 0 saturated carbocycles. The Hall–Kier alpha value is -3.25. The predicted molar refractivity (Wildman–Crippen MR) is 117 cm³/mol. The van der Waals surface area contributed by atoms with Gasteiger partial charge in [0.1, 0.15) is 0 Å². The fourth-order valence-corrected chi connectivity index (χ4v) is 3.86. The van der Waals surface area contributed by atoms with Gasteiger partial charge in [0.2, 0.25) is 5.91 Å². The van der Waals surface area contributed by atoms with Crippen molar-refractivity contribution >= 4 is 29.0 Å². The number of carbonyl (C=O) groups excluding carboxylic acids is 1.